The van der Waals surface area contributed by atoms with Gasteiger partial charge in [0, 0.05) is 18.4 Å². The van der Waals surface area contributed by atoms with Crippen molar-refractivity contribution in [2.24, 2.45) is 0 Å². The van der Waals surface area contributed by atoms with Gasteiger partial charge in [-0.1, -0.05) is 30.3 Å². The first-order valence-corrected chi connectivity index (χ1v) is 8.83. The predicted octanol–water partition coefficient (Wildman–Crippen LogP) is 3.02. The minimum absolute atomic E-state index is 0.00558. The van der Waals surface area contributed by atoms with Gasteiger partial charge in [0.05, 0.1) is 6.42 Å². The number of ether oxygens (including phenoxy) is 1. The molecule has 0 amide bonds. The van der Waals surface area contributed by atoms with Gasteiger partial charge in [-0.25, -0.2) is 4.79 Å². The molecule has 0 heterocycles. The number of carbonyl (C=O) groups excluding carboxylic acids is 2. The molecule has 0 aliphatic rings. The third kappa shape index (κ3) is 7.80. The van der Waals surface area contributed by atoms with Crippen molar-refractivity contribution >= 4 is 29.6 Å². The standard InChI is InChI=1S/C22H20O7/c23-18(8-12-21(25)26)13-16-3-1-15(2-4-16)5-11-20(24)17-6-9-19(10-7-17)29-14-22(27)28/h1-7,9-11H,8,12-14H2,(H,25,26)(H,27,28). The summed E-state index contributed by atoms with van der Waals surface area (Å²) in [5, 5.41) is 17.2. The minimum Gasteiger partial charge on any atom is -0.482 e. The highest BCUT2D eigenvalue weighted by molar-refractivity contribution is 6.06. The van der Waals surface area contributed by atoms with Crippen molar-refractivity contribution in [2.45, 2.75) is 19.3 Å². The van der Waals surface area contributed by atoms with Crippen LogP contribution < -0.4 is 4.74 Å². The number of carbonyl (C=O) groups is 4. The fraction of sp³-hybridized carbons (Fsp3) is 0.182. The first kappa shape index (κ1) is 21.6. The predicted molar refractivity (Wildman–Crippen MR) is 105 cm³/mol. The van der Waals surface area contributed by atoms with E-state index in [-0.39, 0.29) is 30.8 Å². The van der Waals surface area contributed by atoms with Crippen molar-refractivity contribution in [1.82, 2.24) is 0 Å². The van der Waals surface area contributed by atoms with Crippen LogP contribution in [0.4, 0.5) is 0 Å². The first-order valence-electron chi connectivity index (χ1n) is 8.83. The molecule has 2 N–H and O–H groups in total. The van der Waals surface area contributed by atoms with E-state index < -0.39 is 18.5 Å². The highest BCUT2D eigenvalue weighted by Gasteiger charge is 2.07. The topological polar surface area (TPSA) is 118 Å². The van der Waals surface area contributed by atoms with Crippen molar-refractivity contribution in [3.63, 3.8) is 0 Å². The molecule has 0 spiro atoms. The van der Waals surface area contributed by atoms with Crippen LogP contribution in [-0.4, -0.2) is 40.3 Å². The number of carboxylic acid groups (broad SMARTS) is 2. The van der Waals surface area contributed by atoms with E-state index in [0.29, 0.717) is 11.3 Å². The average Bonchev–Trinajstić information content (AvgIpc) is 2.70. The lowest BCUT2D eigenvalue weighted by Crippen LogP contribution is -2.09. The van der Waals surface area contributed by atoms with Gasteiger partial charge in [-0.2, -0.15) is 0 Å². The van der Waals surface area contributed by atoms with Crippen LogP contribution in [-0.2, 0) is 20.8 Å². The smallest absolute Gasteiger partial charge is 0.341 e. The van der Waals surface area contributed by atoms with E-state index in [9.17, 15) is 19.2 Å². The number of hydrogen-bond acceptors (Lipinski definition) is 5. The summed E-state index contributed by atoms with van der Waals surface area (Å²) >= 11 is 0. The molecule has 0 aliphatic heterocycles. The van der Waals surface area contributed by atoms with Crippen molar-refractivity contribution in [3.05, 3.63) is 71.3 Å². The van der Waals surface area contributed by atoms with Crippen molar-refractivity contribution in [1.29, 1.82) is 0 Å². The van der Waals surface area contributed by atoms with Crippen LogP contribution in [0.1, 0.15) is 34.3 Å². The molecule has 7 nitrogen and oxygen atoms in total. The zero-order valence-corrected chi connectivity index (χ0v) is 15.5. The minimum atomic E-state index is -1.08. The molecule has 2 aromatic rings. The Bertz CT molecular complexity index is 909. The van der Waals surface area contributed by atoms with E-state index in [1.165, 1.54) is 18.2 Å². The number of Topliss-reactive ketones (excluding diaryl/α,β-unsaturated/α-hetero) is 1. The van der Waals surface area contributed by atoms with Crippen molar-refractivity contribution < 1.29 is 34.1 Å². The Morgan fingerprint density at radius 3 is 2.07 bits per heavy atom. The second kappa shape index (κ2) is 10.6. The number of rotatable bonds is 11. The monoisotopic (exact) mass is 396 g/mol. The molecular weight excluding hydrogens is 376 g/mol. The largest absolute Gasteiger partial charge is 0.482 e. The summed E-state index contributed by atoms with van der Waals surface area (Å²) in [6.45, 7) is -0.450. The molecule has 0 aromatic heterocycles. The van der Waals surface area contributed by atoms with E-state index in [1.807, 2.05) is 0 Å². The van der Waals surface area contributed by atoms with Gasteiger partial charge in [-0.05, 0) is 41.5 Å². The Labute approximate surface area is 167 Å². The van der Waals surface area contributed by atoms with Gasteiger partial charge in [0.25, 0.3) is 0 Å². The lowest BCUT2D eigenvalue weighted by Gasteiger charge is -2.03. The second-order valence-corrected chi connectivity index (χ2v) is 6.26. The van der Waals surface area contributed by atoms with Crippen LogP contribution in [0.3, 0.4) is 0 Å². The normalized spacial score (nSPS) is 10.6. The third-order valence-corrected chi connectivity index (χ3v) is 3.93. The van der Waals surface area contributed by atoms with E-state index in [2.05, 4.69) is 0 Å². The van der Waals surface area contributed by atoms with Gasteiger partial charge in [0.15, 0.2) is 12.4 Å². The van der Waals surface area contributed by atoms with Gasteiger partial charge in [-0.15, -0.1) is 0 Å². The Morgan fingerprint density at radius 1 is 0.828 bits per heavy atom. The highest BCUT2D eigenvalue weighted by atomic mass is 16.5. The molecule has 150 valence electrons. The Kier molecular flexibility index (Phi) is 7.85. The Hall–Kier alpha value is -3.74. The fourth-order valence-corrected chi connectivity index (χ4v) is 2.44. The second-order valence-electron chi connectivity index (χ2n) is 6.26. The average molecular weight is 396 g/mol. The Morgan fingerprint density at radius 2 is 1.48 bits per heavy atom. The van der Waals surface area contributed by atoms with E-state index in [4.69, 9.17) is 14.9 Å². The number of carboxylic acids is 2. The molecule has 29 heavy (non-hydrogen) atoms. The SMILES string of the molecule is O=C(O)CCC(=O)Cc1ccc(C=CC(=O)c2ccc(OCC(=O)O)cc2)cc1. The van der Waals surface area contributed by atoms with E-state index in [1.54, 1.807) is 42.5 Å². The molecule has 0 saturated heterocycles. The molecule has 0 saturated carbocycles. The lowest BCUT2D eigenvalue weighted by molar-refractivity contribution is -0.139. The van der Waals surface area contributed by atoms with Crippen LogP contribution in [0.2, 0.25) is 0 Å². The van der Waals surface area contributed by atoms with Crippen molar-refractivity contribution in [2.75, 3.05) is 6.61 Å². The zero-order valence-electron chi connectivity index (χ0n) is 15.5. The zero-order chi connectivity index (χ0) is 21.2. The molecule has 0 unspecified atom stereocenters. The summed E-state index contributed by atoms with van der Waals surface area (Å²) in [4.78, 5) is 44.9. The number of benzene rings is 2. The molecule has 0 atom stereocenters. The van der Waals surface area contributed by atoms with Crippen LogP contribution in [0, 0.1) is 0 Å². The van der Waals surface area contributed by atoms with Crippen LogP contribution in [0.15, 0.2) is 54.6 Å². The first-order chi connectivity index (χ1) is 13.8. The number of allylic oxidation sites excluding steroid dienone is 1. The maximum absolute atomic E-state index is 12.2. The lowest BCUT2D eigenvalue weighted by atomic mass is 10.0. The van der Waals surface area contributed by atoms with Crippen LogP contribution >= 0.6 is 0 Å². The third-order valence-electron chi connectivity index (χ3n) is 3.93. The summed E-state index contributed by atoms with van der Waals surface area (Å²) in [5.74, 6) is -2.07. The summed E-state index contributed by atoms with van der Waals surface area (Å²) in [7, 11) is 0. The number of aliphatic carboxylic acids is 2. The molecule has 0 fully saturated rings. The van der Waals surface area contributed by atoms with Gasteiger partial charge < -0.3 is 14.9 Å². The van der Waals surface area contributed by atoms with E-state index >= 15 is 0 Å². The molecular formula is C22H20O7. The molecule has 2 rings (SSSR count). The quantitative estimate of drug-likeness (QED) is 0.443. The fourth-order valence-electron chi connectivity index (χ4n) is 2.44. The maximum Gasteiger partial charge on any atom is 0.341 e. The van der Waals surface area contributed by atoms with Crippen molar-refractivity contribution in [3.8, 4) is 5.75 Å². The summed E-state index contributed by atoms with van der Waals surface area (Å²) in [6, 6.07) is 13.2. The van der Waals surface area contributed by atoms with E-state index in [0.717, 1.165) is 11.1 Å². The van der Waals surface area contributed by atoms with Crippen LogP contribution in [0.5, 0.6) is 5.75 Å². The highest BCUT2D eigenvalue weighted by Crippen LogP contribution is 2.14. The summed E-state index contributed by atoms with van der Waals surface area (Å²) < 4.78 is 5.02. The molecule has 0 bridgehead atoms. The molecule has 0 aliphatic carbocycles. The number of ketones is 2. The molecule has 7 heteroatoms. The molecule has 2 aromatic carbocycles. The van der Waals surface area contributed by atoms with Gasteiger partial charge in [0.2, 0.25) is 0 Å². The van der Waals surface area contributed by atoms with Crippen LogP contribution in [0.25, 0.3) is 6.08 Å². The van der Waals surface area contributed by atoms with Gasteiger partial charge in [0.1, 0.15) is 11.5 Å². The molecule has 0 radical (unpaired) electrons. The van der Waals surface area contributed by atoms with Gasteiger partial charge >= 0.3 is 11.9 Å². The van der Waals surface area contributed by atoms with Gasteiger partial charge in [-0.3, -0.25) is 14.4 Å². The maximum atomic E-state index is 12.2. The Balaban J connectivity index is 1.90. The summed E-state index contributed by atoms with van der Waals surface area (Å²) in [6.07, 6.45) is 3.07. The summed E-state index contributed by atoms with van der Waals surface area (Å²) in [5.41, 5.74) is 1.99. The number of hydrogen-bond donors (Lipinski definition) is 2.